The number of pyridine rings is 1. The van der Waals surface area contributed by atoms with Gasteiger partial charge in [-0.05, 0) is 26.1 Å². The van der Waals surface area contributed by atoms with Gasteiger partial charge in [0.25, 0.3) is 0 Å². The average Bonchev–Trinajstić information content (AvgIpc) is 2.35. The van der Waals surface area contributed by atoms with E-state index >= 15 is 0 Å². The van der Waals surface area contributed by atoms with E-state index < -0.39 is 6.10 Å². The zero-order valence-electron chi connectivity index (χ0n) is 10.9. The smallest absolute Gasteiger partial charge is 0.102 e. The van der Waals surface area contributed by atoms with Crippen molar-refractivity contribution in [1.29, 1.82) is 0 Å². The molecule has 0 radical (unpaired) electrons. The van der Waals surface area contributed by atoms with Crippen LogP contribution in [-0.4, -0.2) is 40.4 Å². The van der Waals surface area contributed by atoms with E-state index in [1.165, 1.54) is 0 Å². The molecule has 0 saturated heterocycles. The average molecular weight is 254 g/mol. The zero-order valence-corrected chi connectivity index (χ0v) is 11.7. The summed E-state index contributed by atoms with van der Waals surface area (Å²) in [6.07, 6.45) is 1.34. The summed E-state index contributed by atoms with van der Waals surface area (Å²) in [7, 11) is 0. The topological polar surface area (TPSA) is 36.4 Å². The second kappa shape index (κ2) is 7.69. The molecule has 0 fully saturated rings. The van der Waals surface area contributed by atoms with Crippen molar-refractivity contribution in [1.82, 2.24) is 9.88 Å². The molecular weight excluding hydrogens is 232 g/mol. The number of aliphatic hydroxyl groups excluding tert-OH is 1. The van der Waals surface area contributed by atoms with Crippen LogP contribution in [0.15, 0.2) is 23.4 Å². The molecule has 0 saturated carbocycles. The summed E-state index contributed by atoms with van der Waals surface area (Å²) in [5.41, 5.74) is 0.928. The maximum absolute atomic E-state index is 9.64. The standard InChI is InChI=1S/C13H22N2OS/c1-4-15(5-2)9-10-17-13-12(11(3)16)7-6-8-14-13/h6-8,11,16H,4-5,9-10H2,1-3H3. The minimum atomic E-state index is -0.445. The van der Waals surface area contributed by atoms with Crippen LogP contribution >= 0.6 is 11.8 Å². The van der Waals surface area contributed by atoms with Crippen LogP contribution in [0.1, 0.15) is 32.4 Å². The van der Waals surface area contributed by atoms with Crippen molar-refractivity contribution in [2.45, 2.75) is 31.9 Å². The van der Waals surface area contributed by atoms with Gasteiger partial charge in [-0.1, -0.05) is 19.9 Å². The minimum Gasteiger partial charge on any atom is -0.389 e. The molecule has 1 unspecified atom stereocenters. The highest BCUT2D eigenvalue weighted by atomic mass is 32.2. The first kappa shape index (κ1) is 14.5. The van der Waals surface area contributed by atoms with Crippen molar-refractivity contribution < 1.29 is 5.11 Å². The van der Waals surface area contributed by atoms with Crippen LogP contribution in [0, 0.1) is 0 Å². The van der Waals surface area contributed by atoms with Crippen molar-refractivity contribution in [2.24, 2.45) is 0 Å². The lowest BCUT2D eigenvalue weighted by Crippen LogP contribution is -2.25. The SMILES string of the molecule is CCN(CC)CCSc1ncccc1C(C)O. The molecule has 96 valence electrons. The number of hydrogen-bond donors (Lipinski definition) is 1. The molecular formula is C13H22N2OS. The lowest BCUT2D eigenvalue weighted by molar-refractivity contribution is 0.195. The minimum absolute atomic E-state index is 0.445. The van der Waals surface area contributed by atoms with E-state index in [-0.39, 0.29) is 0 Å². The molecule has 4 heteroatoms. The molecule has 1 atom stereocenters. The van der Waals surface area contributed by atoms with Gasteiger partial charge in [-0.2, -0.15) is 0 Å². The summed E-state index contributed by atoms with van der Waals surface area (Å²) >= 11 is 1.72. The maximum Gasteiger partial charge on any atom is 0.102 e. The van der Waals surface area contributed by atoms with Gasteiger partial charge in [0.2, 0.25) is 0 Å². The van der Waals surface area contributed by atoms with E-state index in [1.807, 2.05) is 12.1 Å². The van der Waals surface area contributed by atoms with Crippen molar-refractivity contribution in [3.05, 3.63) is 23.9 Å². The Kier molecular flexibility index (Phi) is 6.55. The van der Waals surface area contributed by atoms with Crippen LogP contribution < -0.4 is 0 Å². The third-order valence-corrected chi connectivity index (χ3v) is 3.79. The number of thioether (sulfide) groups is 1. The molecule has 17 heavy (non-hydrogen) atoms. The fourth-order valence-electron chi connectivity index (χ4n) is 1.65. The van der Waals surface area contributed by atoms with Crippen LogP contribution in [0.2, 0.25) is 0 Å². The summed E-state index contributed by atoms with van der Waals surface area (Å²) in [6.45, 7) is 9.37. The molecule has 1 N–H and O–H groups in total. The first-order valence-electron chi connectivity index (χ1n) is 6.17. The highest BCUT2D eigenvalue weighted by Gasteiger charge is 2.09. The van der Waals surface area contributed by atoms with E-state index in [4.69, 9.17) is 0 Å². The molecule has 0 amide bonds. The summed E-state index contributed by atoms with van der Waals surface area (Å²) in [6, 6.07) is 3.81. The van der Waals surface area contributed by atoms with Gasteiger partial charge in [0.15, 0.2) is 0 Å². The van der Waals surface area contributed by atoms with Crippen LogP contribution in [-0.2, 0) is 0 Å². The first-order valence-corrected chi connectivity index (χ1v) is 7.15. The van der Waals surface area contributed by atoms with Gasteiger partial charge in [0.05, 0.1) is 6.10 Å². The highest BCUT2D eigenvalue weighted by Crippen LogP contribution is 2.24. The third kappa shape index (κ3) is 4.66. The van der Waals surface area contributed by atoms with Gasteiger partial charge >= 0.3 is 0 Å². The summed E-state index contributed by atoms with van der Waals surface area (Å²) in [5, 5.41) is 10.6. The van der Waals surface area contributed by atoms with Crippen molar-refractivity contribution in [3.63, 3.8) is 0 Å². The second-order valence-electron chi connectivity index (χ2n) is 3.95. The number of aliphatic hydroxyl groups is 1. The fraction of sp³-hybridized carbons (Fsp3) is 0.615. The molecule has 0 aliphatic carbocycles. The van der Waals surface area contributed by atoms with Crippen LogP contribution in [0.3, 0.4) is 0 Å². The summed E-state index contributed by atoms with van der Waals surface area (Å²) in [4.78, 5) is 6.72. The molecule has 1 aromatic heterocycles. The Morgan fingerprint density at radius 3 is 2.71 bits per heavy atom. The molecule has 0 spiro atoms. The first-order chi connectivity index (χ1) is 8.19. The van der Waals surface area contributed by atoms with E-state index in [0.717, 1.165) is 36.0 Å². The van der Waals surface area contributed by atoms with Crippen LogP contribution in [0.25, 0.3) is 0 Å². The molecule has 1 heterocycles. The van der Waals surface area contributed by atoms with Crippen LogP contribution in [0.4, 0.5) is 0 Å². The van der Waals surface area contributed by atoms with E-state index in [9.17, 15) is 5.11 Å². The molecule has 1 rings (SSSR count). The fourth-order valence-corrected chi connectivity index (χ4v) is 2.74. The van der Waals surface area contributed by atoms with Gasteiger partial charge in [0, 0.05) is 24.1 Å². The van der Waals surface area contributed by atoms with Gasteiger partial charge in [-0.3, -0.25) is 0 Å². The quantitative estimate of drug-likeness (QED) is 0.759. The predicted octanol–water partition coefficient (Wildman–Crippen LogP) is 2.57. The molecule has 0 bridgehead atoms. The zero-order chi connectivity index (χ0) is 12.7. The lowest BCUT2D eigenvalue weighted by atomic mass is 10.2. The molecule has 1 aromatic rings. The van der Waals surface area contributed by atoms with Gasteiger partial charge in [-0.15, -0.1) is 11.8 Å². The maximum atomic E-state index is 9.64. The van der Waals surface area contributed by atoms with Gasteiger partial charge in [-0.25, -0.2) is 4.98 Å². The number of rotatable bonds is 7. The predicted molar refractivity (Wildman–Crippen MR) is 73.4 cm³/mol. The Morgan fingerprint density at radius 1 is 1.41 bits per heavy atom. The molecule has 0 aliphatic rings. The van der Waals surface area contributed by atoms with Gasteiger partial charge < -0.3 is 10.0 Å². The van der Waals surface area contributed by atoms with Gasteiger partial charge in [0.1, 0.15) is 5.03 Å². The Bertz CT molecular complexity index is 327. The van der Waals surface area contributed by atoms with E-state index in [2.05, 4.69) is 23.7 Å². The Balaban J connectivity index is 2.51. The van der Waals surface area contributed by atoms with Crippen LogP contribution in [0.5, 0.6) is 0 Å². The van der Waals surface area contributed by atoms with E-state index in [1.54, 1.807) is 24.9 Å². The second-order valence-corrected chi connectivity index (χ2v) is 5.03. The number of nitrogens with zero attached hydrogens (tertiary/aromatic N) is 2. The monoisotopic (exact) mass is 254 g/mol. The highest BCUT2D eigenvalue weighted by molar-refractivity contribution is 7.99. The van der Waals surface area contributed by atoms with Crippen molar-refractivity contribution in [3.8, 4) is 0 Å². The van der Waals surface area contributed by atoms with Crippen molar-refractivity contribution >= 4 is 11.8 Å². The molecule has 3 nitrogen and oxygen atoms in total. The largest absolute Gasteiger partial charge is 0.389 e. The number of hydrogen-bond acceptors (Lipinski definition) is 4. The summed E-state index contributed by atoms with van der Waals surface area (Å²) < 4.78 is 0. The Morgan fingerprint density at radius 2 is 2.12 bits per heavy atom. The molecule has 0 aliphatic heterocycles. The van der Waals surface area contributed by atoms with E-state index in [0.29, 0.717) is 0 Å². The molecule has 0 aromatic carbocycles. The Hall–Kier alpha value is -0.580. The Labute approximate surface area is 108 Å². The normalized spacial score (nSPS) is 13.0. The summed E-state index contributed by atoms with van der Waals surface area (Å²) in [5.74, 6) is 1.01. The third-order valence-electron chi connectivity index (χ3n) is 2.79. The number of aromatic nitrogens is 1. The lowest BCUT2D eigenvalue weighted by Gasteiger charge is -2.17. The van der Waals surface area contributed by atoms with Crippen molar-refractivity contribution in [2.75, 3.05) is 25.4 Å².